The quantitative estimate of drug-likeness (QED) is 0.405. The maximum absolute atomic E-state index is 3.86. The second-order valence-corrected chi connectivity index (χ2v) is 3.05. The zero-order chi connectivity index (χ0) is 7.49. The molecule has 0 bridgehead atoms. The van der Waals surface area contributed by atoms with Gasteiger partial charge in [0.1, 0.15) is 0 Å². The summed E-state index contributed by atoms with van der Waals surface area (Å²) >= 11 is 0. The van der Waals surface area contributed by atoms with Gasteiger partial charge >= 0.3 is 0 Å². The average molecular weight is 125 g/mol. The SMILES string of the molecule is C=NCC(C)(C)C(=C)C. The average Bonchev–Trinajstić information content (AvgIpc) is 1.65. The zero-order valence-corrected chi connectivity index (χ0v) is 6.57. The maximum Gasteiger partial charge on any atom is 0.0470 e. The number of hydrogen-bond acceptors (Lipinski definition) is 1. The van der Waals surface area contributed by atoms with E-state index in [1.807, 2.05) is 6.92 Å². The molecule has 0 aromatic heterocycles. The molecule has 0 aliphatic rings. The Morgan fingerprint density at radius 3 is 2.11 bits per heavy atom. The van der Waals surface area contributed by atoms with Crippen molar-refractivity contribution in [1.29, 1.82) is 0 Å². The zero-order valence-electron chi connectivity index (χ0n) is 6.57. The summed E-state index contributed by atoms with van der Waals surface area (Å²) in [5.41, 5.74) is 1.29. The molecule has 0 atom stereocenters. The predicted octanol–water partition coefficient (Wildman–Crippen LogP) is 2.29. The number of hydrogen-bond donors (Lipinski definition) is 0. The number of aliphatic imine (C=N–C) groups is 1. The molecule has 0 heterocycles. The van der Waals surface area contributed by atoms with Gasteiger partial charge in [0.2, 0.25) is 0 Å². The van der Waals surface area contributed by atoms with Gasteiger partial charge in [0, 0.05) is 12.0 Å². The van der Waals surface area contributed by atoms with Gasteiger partial charge in [-0.25, -0.2) is 0 Å². The summed E-state index contributed by atoms with van der Waals surface area (Å²) in [6.07, 6.45) is 0. The lowest BCUT2D eigenvalue weighted by Crippen LogP contribution is -2.15. The van der Waals surface area contributed by atoms with Crippen molar-refractivity contribution >= 4 is 6.72 Å². The van der Waals surface area contributed by atoms with Crippen LogP contribution in [0.25, 0.3) is 0 Å². The summed E-state index contributed by atoms with van der Waals surface area (Å²) in [6, 6.07) is 0. The van der Waals surface area contributed by atoms with Crippen molar-refractivity contribution in [3.05, 3.63) is 12.2 Å². The summed E-state index contributed by atoms with van der Waals surface area (Å²) in [7, 11) is 0. The van der Waals surface area contributed by atoms with E-state index < -0.39 is 0 Å². The molecule has 0 spiro atoms. The molecule has 0 saturated heterocycles. The molecule has 0 aliphatic carbocycles. The van der Waals surface area contributed by atoms with Crippen LogP contribution in [0.2, 0.25) is 0 Å². The van der Waals surface area contributed by atoms with Crippen LogP contribution in [0.15, 0.2) is 17.1 Å². The molecule has 9 heavy (non-hydrogen) atoms. The smallest absolute Gasteiger partial charge is 0.0470 e. The summed E-state index contributed by atoms with van der Waals surface area (Å²) in [5, 5.41) is 0. The fraction of sp³-hybridized carbons (Fsp3) is 0.625. The Balaban J connectivity index is 4.00. The highest BCUT2D eigenvalue weighted by Crippen LogP contribution is 2.23. The van der Waals surface area contributed by atoms with E-state index in [1.165, 1.54) is 0 Å². The van der Waals surface area contributed by atoms with Crippen molar-refractivity contribution in [2.75, 3.05) is 6.54 Å². The first-order chi connectivity index (χ1) is 4.00. The van der Waals surface area contributed by atoms with Gasteiger partial charge in [-0.05, 0) is 13.6 Å². The molecular weight excluding hydrogens is 110 g/mol. The molecule has 0 fully saturated rings. The van der Waals surface area contributed by atoms with Gasteiger partial charge in [-0.1, -0.05) is 26.0 Å². The third-order valence-corrected chi connectivity index (χ3v) is 1.66. The van der Waals surface area contributed by atoms with Gasteiger partial charge in [0.25, 0.3) is 0 Å². The first-order valence-corrected chi connectivity index (χ1v) is 3.09. The van der Waals surface area contributed by atoms with Crippen LogP contribution in [0.1, 0.15) is 20.8 Å². The molecule has 1 heteroatoms. The maximum atomic E-state index is 3.86. The minimum Gasteiger partial charge on any atom is -0.300 e. The molecule has 0 aliphatic heterocycles. The third-order valence-electron chi connectivity index (χ3n) is 1.66. The van der Waals surface area contributed by atoms with Crippen LogP contribution >= 0.6 is 0 Å². The Morgan fingerprint density at radius 2 is 2.00 bits per heavy atom. The summed E-state index contributed by atoms with van der Waals surface area (Å²) in [5.74, 6) is 0. The summed E-state index contributed by atoms with van der Waals surface area (Å²) < 4.78 is 0. The number of rotatable bonds is 3. The molecule has 0 amide bonds. The molecule has 0 unspecified atom stereocenters. The normalized spacial score (nSPS) is 11.0. The molecule has 0 aromatic carbocycles. The van der Waals surface area contributed by atoms with E-state index in [1.54, 1.807) is 0 Å². The van der Waals surface area contributed by atoms with E-state index in [0.717, 1.165) is 12.1 Å². The Hall–Kier alpha value is -0.590. The highest BCUT2D eigenvalue weighted by molar-refractivity contribution is 5.24. The van der Waals surface area contributed by atoms with E-state index in [2.05, 4.69) is 32.1 Å². The van der Waals surface area contributed by atoms with Gasteiger partial charge in [0.05, 0.1) is 0 Å². The van der Waals surface area contributed by atoms with Crippen LogP contribution < -0.4 is 0 Å². The Labute approximate surface area is 57.5 Å². The Bertz CT molecular complexity index is 123. The molecular formula is C8H15N. The standard InChI is InChI=1S/C8H15N/c1-7(2)8(3,4)6-9-5/h1,5-6H2,2-4H3. The van der Waals surface area contributed by atoms with Gasteiger partial charge in [-0.15, -0.1) is 0 Å². The molecule has 52 valence electrons. The summed E-state index contributed by atoms with van der Waals surface area (Å²) in [4.78, 5) is 3.82. The van der Waals surface area contributed by atoms with Crippen LogP contribution in [-0.2, 0) is 0 Å². The molecule has 1 nitrogen and oxygen atoms in total. The lowest BCUT2D eigenvalue weighted by atomic mass is 9.86. The number of nitrogens with zero attached hydrogens (tertiary/aromatic N) is 1. The second-order valence-electron chi connectivity index (χ2n) is 3.05. The highest BCUT2D eigenvalue weighted by atomic mass is 14.7. The Kier molecular flexibility index (Phi) is 2.63. The lowest BCUT2D eigenvalue weighted by Gasteiger charge is -2.21. The highest BCUT2D eigenvalue weighted by Gasteiger charge is 2.16. The van der Waals surface area contributed by atoms with Gasteiger partial charge in [-0.2, -0.15) is 0 Å². The van der Waals surface area contributed by atoms with E-state index in [0.29, 0.717) is 0 Å². The van der Waals surface area contributed by atoms with E-state index >= 15 is 0 Å². The first-order valence-electron chi connectivity index (χ1n) is 3.09. The molecule has 0 N–H and O–H groups in total. The summed E-state index contributed by atoms with van der Waals surface area (Å²) in [6.45, 7) is 14.3. The predicted molar refractivity (Wildman–Crippen MR) is 43.0 cm³/mol. The largest absolute Gasteiger partial charge is 0.300 e. The molecule has 0 saturated carbocycles. The first kappa shape index (κ1) is 8.41. The van der Waals surface area contributed by atoms with Crippen LogP contribution in [0.5, 0.6) is 0 Å². The van der Waals surface area contributed by atoms with Gasteiger partial charge < -0.3 is 4.99 Å². The van der Waals surface area contributed by atoms with Crippen LogP contribution in [0.3, 0.4) is 0 Å². The van der Waals surface area contributed by atoms with E-state index in [-0.39, 0.29) is 5.41 Å². The van der Waals surface area contributed by atoms with Gasteiger partial charge in [0.15, 0.2) is 0 Å². The lowest BCUT2D eigenvalue weighted by molar-refractivity contribution is 0.465. The van der Waals surface area contributed by atoms with Crippen molar-refractivity contribution in [2.45, 2.75) is 20.8 Å². The van der Waals surface area contributed by atoms with Crippen molar-refractivity contribution in [3.63, 3.8) is 0 Å². The van der Waals surface area contributed by atoms with Crippen molar-refractivity contribution < 1.29 is 0 Å². The van der Waals surface area contributed by atoms with Crippen molar-refractivity contribution in [1.82, 2.24) is 0 Å². The van der Waals surface area contributed by atoms with Gasteiger partial charge in [-0.3, -0.25) is 0 Å². The topological polar surface area (TPSA) is 12.4 Å². The van der Waals surface area contributed by atoms with Crippen molar-refractivity contribution in [2.24, 2.45) is 10.4 Å². The third kappa shape index (κ3) is 2.45. The second kappa shape index (κ2) is 2.81. The minimum atomic E-state index is 0.127. The van der Waals surface area contributed by atoms with Crippen LogP contribution in [0, 0.1) is 5.41 Å². The minimum absolute atomic E-state index is 0.127. The van der Waals surface area contributed by atoms with Crippen LogP contribution in [0.4, 0.5) is 0 Å². The van der Waals surface area contributed by atoms with E-state index in [9.17, 15) is 0 Å². The monoisotopic (exact) mass is 125 g/mol. The molecule has 0 aromatic rings. The fourth-order valence-electron chi connectivity index (χ4n) is 0.414. The van der Waals surface area contributed by atoms with Crippen molar-refractivity contribution in [3.8, 4) is 0 Å². The fourth-order valence-corrected chi connectivity index (χ4v) is 0.414. The van der Waals surface area contributed by atoms with Crippen LogP contribution in [-0.4, -0.2) is 13.3 Å². The Morgan fingerprint density at radius 1 is 1.56 bits per heavy atom. The van der Waals surface area contributed by atoms with E-state index in [4.69, 9.17) is 0 Å². The molecule has 0 rings (SSSR count). The molecule has 0 radical (unpaired) electrons.